The summed E-state index contributed by atoms with van der Waals surface area (Å²) in [7, 11) is 0. The molecule has 50 valence electrons. The van der Waals surface area contributed by atoms with Gasteiger partial charge in [0, 0.05) is 0 Å². The molecule has 0 saturated heterocycles. The average Bonchev–Trinajstić information content (AvgIpc) is 2.74. The second-order valence-corrected chi connectivity index (χ2v) is 2.05. The SMILES string of the molecule is C1=NN1Nc1ccccc1. The molecule has 1 aliphatic rings. The van der Waals surface area contributed by atoms with Crippen molar-refractivity contribution in [3.8, 4) is 0 Å². The number of nitrogens with one attached hydrogen (secondary N) is 1. The van der Waals surface area contributed by atoms with Gasteiger partial charge >= 0.3 is 0 Å². The van der Waals surface area contributed by atoms with Crippen LogP contribution in [0, 0.1) is 0 Å². The lowest BCUT2D eigenvalue weighted by Crippen LogP contribution is -2.07. The van der Waals surface area contributed by atoms with Crippen molar-refractivity contribution in [2.45, 2.75) is 0 Å². The second-order valence-electron chi connectivity index (χ2n) is 2.05. The summed E-state index contributed by atoms with van der Waals surface area (Å²) in [6.45, 7) is 0. The van der Waals surface area contributed by atoms with E-state index in [-0.39, 0.29) is 0 Å². The maximum atomic E-state index is 3.79. The van der Waals surface area contributed by atoms with E-state index >= 15 is 0 Å². The molecule has 2 rings (SSSR count). The van der Waals surface area contributed by atoms with Gasteiger partial charge in [0.1, 0.15) is 0 Å². The Morgan fingerprint density at radius 1 is 1.20 bits per heavy atom. The first-order valence-electron chi connectivity index (χ1n) is 3.10. The number of para-hydroxylation sites is 1. The van der Waals surface area contributed by atoms with Gasteiger partial charge in [-0.05, 0) is 12.1 Å². The van der Waals surface area contributed by atoms with E-state index in [4.69, 9.17) is 0 Å². The summed E-state index contributed by atoms with van der Waals surface area (Å²) in [6.07, 6.45) is 1.72. The standard InChI is InChI=1S/C7H7N3/c1-2-4-7(5-3-1)9-10-6-8-10/h1-6,9H. The summed E-state index contributed by atoms with van der Waals surface area (Å²) < 4.78 is 0. The first-order valence-corrected chi connectivity index (χ1v) is 3.10. The topological polar surface area (TPSA) is 27.4 Å². The summed E-state index contributed by atoms with van der Waals surface area (Å²) in [5.41, 5.74) is 4.08. The molecule has 0 unspecified atom stereocenters. The van der Waals surface area contributed by atoms with Crippen molar-refractivity contribution in [1.29, 1.82) is 0 Å². The molecule has 3 heteroatoms. The van der Waals surface area contributed by atoms with Gasteiger partial charge in [-0.15, -0.1) is 5.10 Å². The number of hydrogen-bond donors (Lipinski definition) is 1. The van der Waals surface area contributed by atoms with E-state index < -0.39 is 0 Å². The Hall–Kier alpha value is -1.51. The molecule has 0 atom stereocenters. The van der Waals surface area contributed by atoms with E-state index in [2.05, 4.69) is 10.5 Å². The Morgan fingerprint density at radius 3 is 2.50 bits per heavy atom. The minimum atomic E-state index is 1.06. The second kappa shape index (κ2) is 2.02. The third-order valence-electron chi connectivity index (χ3n) is 1.25. The van der Waals surface area contributed by atoms with Crippen molar-refractivity contribution in [3.63, 3.8) is 0 Å². The molecule has 0 aliphatic carbocycles. The number of hydrazine groups is 1. The first-order chi connectivity index (χ1) is 4.95. The van der Waals surface area contributed by atoms with Gasteiger partial charge in [-0.2, -0.15) is 5.12 Å². The number of anilines is 1. The maximum absolute atomic E-state index is 3.79. The van der Waals surface area contributed by atoms with Gasteiger partial charge < -0.3 is 0 Å². The van der Waals surface area contributed by atoms with Crippen LogP contribution in [0.15, 0.2) is 35.4 Å². The van der Waals surface area contributed by atoms with Crippen LogP contribution in [-0.2, 0) is 0 Å². The first kappa shape index (κ1) is 5.29. The fourth-order valence-corrected chi connectivity index (χ4v) is 0.729. The number of hydrazone groups is 1. The lowest BCUT2D eigenvalue weighted by Gasteiger charge is -2.02. The van der Waals surface area contributed by atoms with Crippen LogP contribution in [-0.4, -0.2) is 11.5 Å². The fourth-order valence-electron chi connectivity index (χ4n) is 0.729. The van der Waals surface area contributed by atoms with Gasteiger partial charge in [0.2, 0.25) is 0 Å². The number of hydrogen-bond acceptors (Lipinski definition) is 3. The Bertz CT molecular complexity index is 236. The third-order valence-corrected chi connectivity index (χ3v) is 1.25. The maximum Gasteiger partial charge on any atom is 0.158 e. The van der Waals surface area contributed by atoms with E-state index in [0.717, 1.165) is 5.69 Å². The lowest BCUT2D eigenvalue weighted by atomic mass is 10.3. The molecule has 10 heavy (non-hydrogen) atoms. The smallest absolute Gasteiger partial charge is 0.158 e. The highest BCUT2D eigenvalue weighted by Crippen LogP contribution is 2.08. The van der Waals surface area contributed by atoms with Crippen molar-refractivity contribution in [2.75, 3.05) is 5.43 Å². The van der Waals surface area contributed by atoms with Crippen LogP contribution in [0.25, 0.3) is 0 Å². The number of rotatable bonds is 2. The number of benzene rings is 1. The van der Waals surface area contributed by atoms with Crippen LogP contribution in [0.3, 0.4) is 0 Å². The Kier molecular flexibility index (Phi) is 1.07. The highest BCUT2D eigenvalue weighted by Gasteiger charge is 2.05. The van der Waals surface area contributed by atoms with Crippen molar-refractivity contribution >= 4 is 12.0 Å². The van der Waals surface area contributed by atoms with E-state index in [1.165, 1.54) is 0 Å². The van der Waals surface area contributed by atoms with E-state index in [0.29, 0.717) is 0 Å². The Labute approximate surface area is 58.9 Å². The normalized spacial score (nSPS) is 13.4. The highest BCUT2D eigenvalue weighted by molar-refractivity contribution is 5.68. The molecule has 0 amide bonds. The fraction of sp³-hybridized carbons (Fsp3) is 0. The van der Waals surface area contributed by atoms with Crippen molar-refractivity contribution < 1.29 is 0 Å². The summed E-state index contributed by atoms with van der Waals surface area (Å²) in [6, 6.07) is 9.91. The molecular weight excluding hydrogens is 126 g/mol. The molecule has 0 radical (unpaired) electrons. The van der Waals surface area contributed by atoms with Gasteiger partial charge in [-0.1, -0.05) is 18.2 Å². The van der Waals surface area contributed by atoms with Gasteiger partial charge in [-0.25, -0.2) is 0 Å². The molecule has 0 fully saturated rings. The largest absolute Gasteiger partial charge is 0.277 e. The molecule has 0 aromatic heterocycles. The summed E-state index contributed by atoms with van der Waals surface area (Å²) in [5.74, 6) is 0. The van der Waals surface area contributed by atoms with Crippen LogP contribution in [0.2, 0.25) is 0 Å². The predicted molar refractivity (Wildman–Crippen MR) is 40.4 cm³/mol. The Balaban J connectivity index is 2.04. The van der Waals surface area contributed by atoms with Crippen LogP contribution < -0.4 is 5.43 Å². The van der Waals surface area contributed by atoms with E-state index in [1.54, 1.807) is 11.5 Å². The molecule has 0 saturated carbocycles. The molecule has 1 heterocycles. The van der Waals surface area contributed by atoms with Gasteiger partial charge in [-0.3, -0.25) is 5.43 Å². The quantitative estimate of drug-likeness (QED) is 0.657. The summed E-state index contributed by atoms with van der Waals surface area (Å²) >= 11 is 0. The summed E-state index contributed by atoms with van der Waals surface area (Å²) in [5, 5.41) is 5.46. The zero-order chi connectivity index (χ0) is 6.81. The summed E-state index contributed by atoms with van der Waals surface area (Å²) in [4.78, 5) is 0. The minimum Gasteiger partial charge on any atom is -0.277 e. The van der Waals surface area contributed by atoms with Crippen LogP contribution >= 0.6 is 0 Å². The molecular formula is C7H7N3. The van der Waals surface area contributed by atoms with Crippen molar-refractivity contribution in [1.82, 2.24) is 5.12 Å². The zero-order valence-corrected chi connectivity index (χ0v) is 5.36. The molecule has 1 aliphatic heterocycles. The average molecular weight is 133 g/mol. The van der Waals surface area contributed by atoms with Crippen LogP contribution in [0.4, 0.5) is 5.69 Å². The van der Waals surface area contributed by atoms with E-state index in [1.807, 2.05) is 30.3 Å². The molecule has 1 aromatic carbocycles. The minimum absolute atomic E-state index is 1.06. The molecule has 0 spiro atoms. The van der Waals surface area contributed by atoms with Gasteiger partial charge in [0.25, 0.3) is 0 Å². The van der Waals surface area contributed by atoms with Crippen LogP contribution in [0.5, 0.6) is 0 Å². The molecule has 0 bridgehead atoms. The number of nitrogens with zero attached hydrogens (tertiary/aromatic N) is 2. The van der Waals surface area contributed by atoms with Crippen LogP contribution in [0.1, 0.15) is 0 Å². The van der Waals surface area contributed by atoms with Crippen molar-refractivity contribution in [2.24, 2.45) is 5.10 Å². The van der Waals surface area contributed by atoms with Gasteiger partial charge in [0.15, 0.2) is 6.34 Å². The zero-order valence-electron chi connectivity index (χ0n) is 5.36. The monoisotopic (exact) mass is 133 g/mol. The highest BCUT2D eigenvalue weighted by atomic mass is 15.8. The third kappa shape index (κ3) is 1.07. The van der Waals surface area contributed by atoms with E-state index in [9.17, 15) is 0 Å². The molecule has 3 nitrogen and oxygen atoms in total. The molecule has 1 aromatic rings. The molecule has 1 N–H and O–H groups in total. The lowest BCUT2D eigenvalue weighted by molar-refractivity contribution is 0.674. The predicted octanol–water partition coefficient (Wildman–Crippen LogP) is 1.27. The van der Waals surface area contributed by atoms with Crippen molar-refractivity contribution in [3.05, 3.63) is 30.3 Å². The Morgan fingerprint density at radius 2 is 1.90 bits per heavy atom. The van der Waals surface area contributed by atoms with Gasteiger partial charge in [0.05, 0.1) is 5.69 Å².